The minimum absolute atomic E-state index is 0.0324. The van der Waals surface area contributed by atoms with Crippen LogP contribution in [0.15, 0.2) is 0 Å². The van der Waals surface area contributed by atoms with E-state index in [1.807, 2.05) is 21.0 Å². The maximum atomic E-state index is 11.5. The first kappa shape index (κ1) is 27.3. The lowest BCUT2D eigenvalue weighted by Gasteiger charge is -2.20. The van der Waals surface area contributed by atoms with E-state index < -0.39 is 9.84 Å². The molecule has 0 unspecified atom stereocenters. The average Bonchev–Trinajstić information content (AvgIpc) is 3.51. The molecule has 0 aliphatic carbocycles. The van der Waals surface area contributed by atoms with Gasteiger partial charge in [0.05, 0.1) is 42.5 Å². The molecule has 0 N–H and O–H groups in total. The van der Waals surface area contributed by atoms with Crippen molar-refractivity contribution in [3.63, 3.8) is 0 Å². The maximum Gasteiger partial charge on any atom is 0.163 e. The summed E-state index contributed by atoms with van der Waals surface area (Å²) < 4.78 is 49.3. The normalized spacial score (nSPS) is 38.4. The third-order valence-electron chi connectivity index (χ3n) is 6.57. The molecule has 4 aliphatic heterocycles. The summed E-state index contributed by atoms with van der Waals surface area (Å²) in [6.07, 6.45) is 5.00. The minimum Gasteiger partial charge on any atom is -0.380 e. The molecule has 7 atom stereocenters. The fourth-order valence-electron chi connectivity index (χ4n) is 4.86. The molecule has 4 aliphatic rings. The Morgan fingerprint density at radius 2 is 1.65 bits per heavy atom. The van der Waals surface area contributed by atoms with Crippen LogP contribution in [0.1, 0.15) is 46.5 Å². The lowest BCUT2D eigenvalue weighted by Crippen LogP contribution is -2.32. The molecule has 0 radical (unpaired) electrons. The van der Waals surface area contributed by atoms with Gasteiger partial charge in [-0.05, 0) is 37.4 Å². The fraction of sp³-hybridized carbons (Fsp3) is 1.00. The van der Waals surface area contributed by atoms with E-state index in [-0.39, 0.29) is 35.4 Å². The fourth-order valence-corrected chi connectivity index (χ4v) is 8.60. The van der Waals surface area contributed by atoms with Crippen LogP contribution in [0, 0.1) is 11.8 Å². The summed E-state index contributed by atoms with van der Waals surface area (Å²) in [5, 5.41) is 0.484. The van der Waals surface area contributed by atoms with Crippen LogP contribution in [0.3, 0.4) is 0 Å². The highest BCUT2D eigenvalue weighted by molar-refractivity contribution is 8.00. The number of fused-ring (bicyclic) bond motifs is 1. The number of rotatable bonds is 5. The quantitative estimate of drug-likeness (QED) is 0.591. The summed E-state index contributed by atoms with van der Waals surface area (Å²) in [7, 11) is 2.26. The van der Waals surface area contributed by atoms with E-state index in [9.17, 15) is 8.42 Å². The number of ether oxygens (including phenoxy) is 5. The van der Waals surface area contributed by atoms with E-state index in [2.05, 4.69) is 18.7 Å². The Morgan fingerprint density at radius 1 is 0.968 bits per heavy atom. The summed E-state index contributed by atoms with van der Waals surface area (Å²) >= 11 is 2.05. The molecule has 0 bridgehead atoms. The van der Waals surface area contributed by atoms with Crippen molar-refractivity contribution in [3.8, 4) is 0 Å². The lowest BCUT2D eigenvalue weighted by molar-refractivity contribution is -0.0907. The third-order valence-corrected chi connectivity index (χ3v) is 10.6. The van der Waals surface area contributed by atoms with E-state index in [4.69, 9.17) is 23.7 Å². The first-order chi connectivity index (χ1) is 14.8. The van der Waals surface area contributed by atoms with Crippen molar-refractivity contribution in [2.24, 2.45) is 11.8 Å². The van der Waals surface area contributed by atoms with Crippen LogP contribution in [-0.4, -0.2) is 89.6 Å². The van der Waals surface area contributed by atoms with E-state index in [1.165, 1.54) is 18.6 Å². The third kappa shape index (κ3) is 7.29. The van der Waals surface area contributed by atoms with Gasteiger partial charge in [-0.3, -0.25) is 0 Å². The molecule has 0 aromatic carbocycles. The predicted octanol–water partition coefficient (Wildman–Crippen LogP) is 3.16. The number of thioether (sulfide) groups is 1. The summed E-state index contributed by atoms with van der Waals surface area (Å²) in [6, 6.07) is 0. The van der Waals surface area contributed by atoms with Crippen molar-refractivity contribution in [2.45, 2.75) is 81.6 Å². The monoisotopic (exact) mass is 482 g/mol. The van der Waals surface area contributed by atoms with Gasteiger partial charge < -0.3 is 23.7 Å². The van der Waals surface area contributed by atoms with Gasteiger partial charge in [0.25, 0.3) is 0 Å². The van der Waals surface area contributed by atoms with Gasteiger partial charge >= 0.3 is 0 Å². The van der Waals surface area contributed by atoms with Gasteiger partial charge in [0, 0.05) is 32.5 Å². The molecule has 4 saturated heterocycles. The zero-order valence-corrected chi connectivity index (χ0v) is 21.6. The smallest absolute Gasteiger partial charge is 0.163 e. The summed E-state index contributed by atoms with van der Waals surface area (Å²) in [4.78, 5) is 0. The standard InChI is InChI=1S/C8H16O3S.C7H12O3.C7H14OS/c1-6(2)8-7(11-3)4-5-12(8,9)10;1-8-6-4-10-7-5(6)2-3-9-7;1-3-7-6(8-2)4-5-9-7/h6-8H,4-5H2,1-3H3;5-7H,2-4H2,1H3;6-7H,3-5H2,1-2H3/t7-,8-;5-,6-,7+;6-,7-/m101/s1. The second kappa shape index (κ2) is 13.1. The van der Waals surface area contributed by atoms with Gasteiger partial charge in [-0.25, -0.2) is 8.42 Å². The van der Waals surface area contributed by atoms with Crippen molar-refractivity contribution in [2.75, 3.05) is 46.0 Å². The molecule has 0 spiro atoms. The number of sulfone groups is 1. The first-order valence-electron chi connectivity index (χ1n) is 11.4. The Morgan fingerprint density at radius 3 is 2.16 bits per heavy atom. The van der Waals surface area contributed by atoms with Crippen molar-refractivity contribution in [3.05, 3.63) is 0 Å². The number of hydrogen-bond donors (Lipinski definition) is 0. The molecule has 184 valence electrons. The van der Waals surface area contributed by atoms with Gasteiger partial charge in [0.2, 0.25) is 0 Å². The summed E-state index contributed by atoms with van der Waals surface area (Å²) in [5.41, 5.74) is 0. The van der Waals surface area contributed by atoms with Crippen LogP contribution in [0.4, 0.5) is 0 Å². The zero-order valence-electron chi connectivity index (χ0n) is 19.9. The van der Waals surface area contributed by atoms with Gasteiger partial charge in [0.1, 0.15) is 0 Å². The molecule has 0 aromatic rings. The maximum absolute atomic E-state index is 11.5. The van der Waals surface area contributed by atoms with E-state index >= 15 is 0 Å². The Kier molecular flexibility index (Phi) is 11.6. The SMILES string of the molecule is CC[C@H]1SCC[C@H]1OC.CO[C@@H]1CCS(=O)(=O)[C@@H]1C(C)C.CO[C@H]1CO[C@H]2OCC[C@H]21. The average molecular weight is 483 g/mol. The van der Waals surface area contributed by atoms with E-state index in [0.29, 0.717) is 25.0 Å². The van der Waals surface area contributed by atoms with Crippen LogP contribution in [0.2, 0.25) is 0 Å². The lowest BCUT2D eigenvalue weighted by atomic mass is 10.0. The highest BCUT2D eigenvalue weighted by atomic mass is 32.2. The molecular formula is C22H42O7S2. The van der Waals surface area contributed by atoms with Crippen LogP contribution in [-0.2, 0) is 33.5 Å². The summed E-state index contributed by atoms with van der Waals surface area (Å²) in [5.74, 6) is 2.22. The topological polar surface area (TPSA) is 80.3 Å². The molecule has 4 heterocycles. The molecule has 0 aromatic heterocycles. The first-order valence-corrected chi connectivity index (χ1v) is 14.2. The number of hydrogen-bond acceptors (Lipinski definition) is 8. The van der Waals surface area contributed by atoms with Gasteiger partial charge in [0.15, 0.2) is 16.1 Å². The van der Waals surface area contributed by atoms with E-state index in [0.717, 1.165) is 18.3 Å². The highest BCUT2D eigenvalue weighted by Gasteiger charge is 2.42. The van der Waals surface area contributed by atoms with Crippen molar-refractivity contribution < 1.29 is 32.1 Å². The minimum atomic E-state index is -2.87. The Labute approximate surface area is 193 Å². The van der Waals surface area contributed by atoms with Crippen LogP contribution >= 0.6 is 11.8 Å². The summed E-state index contributed by atoms with van der Waals surface area (Å²) in [6.45, 7) is 7.62. The second-order valence-corrected chi connectivity index (χ2v) is 12.4. The molecule has 0 amide bonds. The second-order valence-electron chi connectivity index (χ2n) is 8.82. The Balaban J connectivity index is 0.000000167. The molecule has 9 heteroatoms. The van der Waals surface area contributed by atoms with Crippen LogP contribution < -0.4 is 0 Å². The van der Waals surface area contributed by atoms with Crippen molar-refractivity contribution >= 4 is 21.6 Å². The van der Waals surface area contributed by atoms with E-state index in [1.54, 1.807) is 14.2 Å². The number of methoxy groups -OCH3 is 3. The molecule has 7 nitrogen and oxygen atoms in total. The molecule has 4 rings (SSSR count). The Hall–Kier alpha value is 0.1000. The highest BCUT2D eigenvalue weighted by Crippen LogP contribution is 2.32. The van der Waals surface area contributed by atoms with Crippen LogP contribution in [0.25, 0.3) is 0 Å². The molecule has 4 fully saturated rings. The largest absolute Gasteiger partial charge is 0.380 e. The Bertz CT molecular complexity index is 603. The molecular weight excluding hydrogens is 440 g/mol. The molecule has 31 heavy (non-hydrogen) atoms. The molecule has 0 saturated carbocycles. The van der Waals surface area contributed by atoms with Crippen molar-refractivity contribution in [1.29, 1.82) is 0 Å². The predicted molar refractivity (Wildman–Crippen MR) is 124 cm³/mol. The van der Waals surface area contributed by atoms with Crippen LogP contribution in [0.5, 0.6) is 0 Å². The van der Waals surface area contributed by atoms with Gasteiger partial charge in [-0.1, -0.05) is 20.8 Å². The van der Waals surface area contributed by atoms with Gasteiger partial charge in [-0.2, -0.15) is 11.8 Å². The van der Waals surface area contributed by atoms with Crippen molar-refractivity contribution in [1.82, 2.24) is 0 Å². The van der Waals surface area contributed by atoms with Gasteiger partial charge in [-0.15, -0.1) is 0 Å². The zero-order chi connectivity index (χ0) is 23.0.